The maximum atomic E-state index is 5.43. The van der Waals surface area contributed by atoms with Crippen LogP contribution >= 0.6 is 11.3 Å². The minimum atomic E-state index is 0.304. The second-order valence-corrected chi connectivity index (χ2v) is 5.74. The molecule has 2 aromatic rings. The fraction of sp³-hybridized carbons (Fsp3) is 0.429. The number of anilines is 2. The van der Waals surface area contributed by atoms with Gasteiger partial charge < -0.3 is 15.4 Å². The van der Waals surface area contributed by atoms with Crippen LogP contribution in [0.4, 0.5) is 11.6 Å². The highest BCUT2D eigenvalue weighted by molar-refractivity contribution is 7.10. The number of thiophene rings is 1. The number of aromatic nitrogens is 2. The second kappa shape index (κ2) is 5.66. The van der Waals surface area contributed by atoms with E-state index in [2.05, 4.69) is 32.0 Å². The van der Waals surface area contributed by atoms with E-state index in [4.69, 9.17) is 4.74 Å². The number of methoxy groups -OCH3 is 1. The topological polar surface area (TPSA) is 59.1 Å². The lowest BCUT2D eigenvalue weighted by atomic mass is 9.94. The Morgan fingerprint density at radius 1 is 1.35 bits per heavy atom. The van der Waals surface area contributed by atoms with Crippen LogP contribution in [0.5, 0.6) is 5.75 Å². The van der Waals surface area contributed by atoms with Gasteiger partial charge in [-0.25, -0.2) is 9.97 Å². The van der Waals surface area contributed by atoms with Crippen molar-refractivity contribution in [2.45, 2.75) is 25.3 Å². The smallest absolute Gasteiger partial charge is 0.204 e. The first kappa shape index (κ1) is 13.2. The molecule has 5 nitrogen and oxygen atoms in total. The molecule has 1 unspecified atom stereocenters. The van der Waals surface area contributed by atoms with Gasteiger partial charge in [0.2, 0.25) is 5.75 Å². The molecule has 1 aliphatic carbocycles. The van der Waals surface area contributed by atoms with Gasteiger partial charge in [-0.05, 0) is 36.3 Å². The van der Waals surface area contributed by atoms with E-state index in [1.54, 1.807) is 13.4 Å². The Kier molecular flexibility index (Phi) is 3.73. The Morgan fingerprint density at radius 2 is 2.20 bits per heavy atom. The molecule has 1 atom stereocenters. The summed E-state index contributed by atoms with van der Waals surface area (Å²) >= 11 is 1.84. The largest absolute Gasteiger partial charge is 0.490 e. The van der Waals surface area contributed by atoms with E-state index >= 15 is 0 Å². The summed E-state index contributed by atoms with van der Waals surface area (Å²) in [7, 11) is 3.47. The van der Waals surface area contributed by atoms with E-state index in [9.17, 15) is 0 Å². The van der Waals surface area contributed by atoms with Crippen LogP contribution in [0.3, 0.4) is 0 Å². The molecule has 20 heavy (non-hydrogen) atoms. The summed E-state index contributed by atoms with van der Waals surface area (Å²) in [5, 5.41) is 8.70. The Labute approximate surface area is 122 Å². The van der Waals surface area contributed by atoms with Gasteiger partial charge in [0.1, 0.15) is 6.33 Å². The van der Waals surface area contributed by atoms with Crippen molar-refractivity contribution in [1.29, 1.82) is 0 Å². The fourth-order valence-electron chi connectivity index (χ4n) is 2.65. The van der Waals surface area contributed by atoms with Gasteiger partial charge in [-0.3, -0.25) is 0 Å². The molecule has 0 fully saturated rings. The molecule has 2 N–H and O–H groups in total. The number of nitrogens with one attached hydrogen (secondary N) is 2. The van der Waals surface area contributed by atoms with Gasteiger partial charge in [0.25, 0.3) is 0 Å². The summed E-state index contributed by atoms with van der Waals surface area (Å²) < 4.78 is 5.43. The summed E-state index contributed by atoms with van der Waals surface area (Å²) in [5.74, 6) is 2.11. The molecule has 0 bridgehead atoms. The first-order valence-corrected chi connectivity index (χ1v) is 7.61. The number of hydrogen-bond acceptors (Lipinski definition) is 6. The summed E-state index contributed by atoms with van der Waals surface area (Å²) in [6.07, 6.45) is 5.06. The summed E-state index contributed by atoms with van der Waals surface area (Å²) in [6, 6.07) is 2.52. The summed E-state index contributed by atoms with van der Waals surface area (Å²) in [4.78, 5) is 9.98. The maximum absolute atomic E-state index is 5.43. The van der Waals surface area contributed by atoms with Gasteiger partial charge in [-0.15, -0.1) is 11.3 Å². The van der Waals surface area contributed by atoms with Gasteiger partial charge in [-0.1, -0.05) is 0 Å². The molecule has 2 heterocycles. The van der Waals surface area contributed by atoms with Crippen LogP contribution in [0.25, 0.3) is 0 Å². The Bertz CT molecular complexity index is 599. The quantitative estimate of drug-likeness (QED) is 0.906. The molecule has 3 rings (SSSR count). The van der Waals surface area contributed by atoms with Gasteiger partial charge in [0.15, 0.2) is 11.6 Å². The molecule has 0 aliphatic heterocycles. The lowest BCUT2D eigenvalue weighted by Gasteiger charge is -2.25. The number of ether oxygens (including phenoxy) is 1. The van der Waals surface area contributed by atoms with Crippen molar-refractivity contribution in [3.63, 3.8) is 0 Å². The SMILES string of the molecule is CNc1ncnc(NC2CCCc3sccc32)c1OC. The molecule has 0 spiro atoms. The van der Waals surface area contributed by atoms with Crippen LogP contribution in [0, 0.1) is 0 Å². The van der Waals surface area contributed by atoms with Crippen LogP contribution in [-0.4, -0.2) is 24.1 Å². The standard InChI is InChI=1S/C14H18N4OS/c1-15-13-12(19-2)14(17-8-16-13)18-10-4-3-5-11-9(10)6-7-20-11/h6-8,10H,3-5H2,1-2H3,(H2,15,16,17,18). The number of rotatable bonds is 4. The Hall–Kier alpha value is -1.82. The van der Waals surface area contributed by atoms with Crippen LogP contribution in [-0.2, 0) is 6.42 Å². The first-order valence-electron chi connectivity index (χ1n) is 6.73. The molecule has 1 aliphatic rings. The number of hydrogen-bond donors (Lipinski definition) is 2. The highest BCUT2D eigenvalue weighted by Gasteiger charge is 2.23. The van der Waals surface area contributed by atoms with Crippen molar-refractivity contribution in [3.8, 4) is 5.75 Å². The highest BCUT2D eigenvalue weighted by atomic mass is 32.1. The third-order valence-electron chi connectivity index (χ3n) is 3.61. The molecule has 0 saturated heterocycles. The van der Waals surface area contributed by atoms with Gasteiger partial charge >= 0.3 is 0 Å². The van der Waals surface area contributed by atoms with E-state index in [0.717, 1.165) is 12.2 Å². The average molecular weight is 290 g/mol. The van der Waals surface area contributed by atoms with Crippen molar-refractivity contribution in [1.82, 2.24) is 9.97 Å². The van der Waals surface area contributed by atoms with Crippen LogP contribution in [0.1, 0.15) is 29.3 Å². The zero-order chi connectivity index (χ0) is 13.9. The highest BCUT2D eigenvalue weighted by Crippen LogP contribution is 2.38. The van der Waals surface area contributed by atoms with Crippen LogP contribution in [0.2, 0.25) is 0 Å². The molecular formula is C14H18N4OS. The molecule has 2 aromatic heterocycles. The zero-order valence-corrected chi connectivity index (χ0v) is 12.5. The summed E-state index contributed by atoms with van der Waals surface area (Å²) in [6.45, 7) is 0. The molecule has 106 valence electrons. The lowest BCUT2D eigenvalue weighted by molar-refractivity contribution is 0.414. The van der Waals surface area contributed by atoms with Crippen molar-refractivity contribution in [2.75, 3.05) is 24.8 Å². The molecular weight excluding hydrogens is 272 g/mol. The van der Waals surface area contributed by atoms with Crippen LogP contribution in [0.15, 0.2) is 17.8 Å². The third kappa shape index (κ3) is 2.31. The van der Waals surface area contributed by atoms with Crippen molar-refractivity contribution >= 4 is 23.0 Å². The minimum absolute atomic E-state index is 0.304. The molecule has 0 aromatic carbocycles. The van der Waals surface area contributed by atoms with Crippen LogP contribution < -0.4 is 15.4 Å². The van der Waals surface area contributed by atoms with Crippen molar-refractivity contribution in [3.05, 3.63) is 28.2 Å². The molecule has 0 amide bonds. The van der Waals surface area contributed by atoms with Gasteiger partial charge in [0.05, 0.1) is 13.2 Å². The second-order valence-electron chi connectivity index (χ2n) is 4.74. The van der Waals surface area contributed by atoms with E-state index < -0.39 is 0 Å². The van der Waals surface area contributed by atoms with E-state index in [-0.39, 0.29) is 0 Å². The summed E-state index contributed by atoms with van der Waals surface area (Å²) in [5.41, 5.74) is 1.40. The van der Waals surface area contributed by atoms with Gasteiger partial charge in [-0.2, -0.15) is 0 Å². The molecule has 0 saturated carbocycles. The zero-order valence-electron chi connectivity index (χ0n) is 11.6. The lowest BCUT2D eigenvalue weighted by Crippen LogP contribution is -2.17. The maximum Gasteiger partial charge on any atom is 0.204 e. The average Bonchev–Trinajstić information content (AvgIpc) is 2.96. The number of fused-ring (bicyclic) bond motifs is 1. The fourth-order valence-corrected chi connectivity index (χ4v) is 3.64. The van der Waals surface area contributed by atoms with Gasteiger partial charge in [0, 0.05) is 11.9 Å². The first-order chi connectivity index (χ1) is 9.83. The van der Waals surface area contributed by atoms with E-state index in [0.29, 0.717) is 17.6 Å². The van der Waals surface area contributed by atoms with Crippen molar-refractivity contribution < 1.29 is 4.74 Å². The molecule has 0 radical (unpaired) electrons. The van der Waals surface area contributed by atoms with Crippen molar-refractivity contribution in [2.24, 2.45) is 0 Å². The minimum Gasteiger partial charge on any atom is -0.490 e. The van der Waals surface area contributed by atoms with E-state index in [1.165, 1.54) is 23.3 Å². The Balaban J connectivity index is 1.90. The predicted octanol–water partition coefficient (Wildman–Crippen LogP) is 3.08. The third-order valence-corrected chi connectivity index (χ3v) is 4.60. The predicted molar refractivity (Wildman–Crippen MR) is 81.8 cm³/mol. The number of nitrogens with zero attached hydrogens (tertiary/aromatic N) is 2. The molecule has 6 heteroatoms. The number of aryl methyl sites for hydroxylation is 1. The monoisotopic (exact) mass is 290 g/mol. The van der Waals surface area contributed by atoms with E-state index in [1.807, 2.05) is 18.4 Å². The Morgan fingerprint density at radius 3 is 3.00 bits per heavy atom. The normalized spacial score (nSPS) is 17.4.